The average Bonchev–Trinajstić information content (AvgIpc) is 3.00. The molecule has 6 heteroatoms. The van der Waals surface area contributed by atoms with Gasteiger partial charge in [-0.15, -0.1) is 0 Å². The Bertz CT molecular complexity index is 1050. The van der Waals surface area contributed by atoms with Gasteiger partial charge in [-0.05, 0) is 29.3 Å². The zero-order valence-electron chi connectivity index (χ0n) is 13.6. The minimum atomic E-state index is -0.152. The largest absolute Gasteiger partial charge is 0.349 e. The van der Waals surface area contributed by atoms with Crippen LogP contribution in [0.4, 0.5) is 17.2 Å². The molecule has 0 unspecified atom stereocenters. The van der Waals surface area contributed by atoms with Gasteiger partial charge in [0.1, 0.15) is 5.69 Å². The molecular formula is C19H15N5O. The van der Waals surface area contributed by atoms with Crippen LogP contribution in [0.3, 0.4) is 0 Å². The van der Waals surface area contributed by atoms with Crippen LogP contribution in [0.15, 0.2) is 59.7 Å². The van der Waals surface area contributed by atoms with Crippen molar-refractivity contribution in [3.8, 4) is 17.2 Å². The molecule has 1 aliphatic heterocycles. The number of aromatic nitrogens is 2. The molecule has 2 aromatic carbocycles. The highest BCUT2D eigenvalue weighted by atomic mass is 16.1. The number of hydrogen-bond donors (Lipinski definition) is 1. The summed E-state index contributed by atoms with van der Waals surface area (Å²) in [5, 5.41) is 9.34. The maximum Gasteiger partial charge on any atom is 0.276 e. The fourth-order valence-corrected chi connectivity index (χ4v) is 3.15. The number of nitrogens with one attached hydrogen (secondary N) is 1. The van der Waals surface area contributed by atoms with E-state index in [-0.39, 0.29) is 5.56 Å². The molecule has 3 aromatic rings. The first-order chi connectivity index (χ1) is 12.2. The molecule has 0 saturated heterocycles. The van der Waals surface area contributed by atoms with E-state index in [1.807, 2.05) is 65.4 Å². The Morgan fingerprint density at radius 2 is 2.04 bits per heavy atom. The highest BCUT2D eigenvalue weighted by Gasteiger charge is 2.28. The molecule has 0 saturated carbocycles. The Morgan fingerprint density at radius 3 is 2.88 bits per heavy atom. The van der Waals surface area contributed by atoms with Crippen molar-refractivity contribution >= 4 is 17.2 Å². The summed E-state index contributed by atoms with van der Waals surface area (Å²) in [4.78, 5) is 22.9. The minimum absolute atomic E-state index is 0.152. The number of hydrogen-bond acceptors (Lipinski definition) is 5. The van der Waals surface area contributed by atoms with Gasteiger partial charge in [0.05, 0.1) is 24.6 Å². The van der Waals surface area contributed by atoms with Gasteiger partial charge in [0.25, 0.3) is 5.56 Å². The van der Waals surface area contributed by atoms with Gasteiger partial charge in [-0.1, -0.05) is 30.3 Å². The molecule has 0 amide bonds. The molecule has 0 radical (unpaired) electrons. The quantitative estimate of drug-likeness (QED) is 0.782. The Kier molecular flexibility index (Phi) is 3.47. The highest BCUT2D eigenvalue weighted by Crippen LogP contribution is 2.36. The molecule has 1 aromatic heterocycles. The third-order valence-electron chi connectivity index (χ3n) is 4.32. The van der Waals surface area contributed by atoms with Crippen LogP contribution in [0.1, 0.15) is 5.56 Å². The molecule has 0 fully saturated rings. The fraction of sp³-hybridized carbons (Fsp3) is 0.105. The number of benzene rings is 2. The summed E-state index contributed by atoms with van der Waals surface area (Å²) in [6.45, 7) is 0.540. The first-order valence-corrected chi connectivity index (χ1v) is 7.85. The van der Waals surface area contributed by atoms with Crippen LogP contribution in [0.25, 0.3) is 11.1 Å². The van der Waals surface area contributed by atoms with Crippen LogP contribution in [0, 0.1) is 11.3 Å². The molecule has 1 N–H and O–H groups in total. The number of nitrogens with zero attached hydrogens (tertiary/aromatic N) is 4. The van der Waals surface area contributed by atoms with Gasteiger partial charge in [0, 0.05) is 12.7 Å². The first-order valence-electron chi connectivity index (χ1n) is 7.85. The lowest BCUT2D eigenvalue weighted by atomic mass is 10.00. The molecule has 122 valence electrons. The Hall–Kier alpha value is -3.59. The molecule has 0 spiro atoms. The molecule has 6 nitrogen and oxygen atoms in total. The number of aromatic amines is 1. The smallest absolute Gasteiger partial charge is 0.276 e. The van der Waals surface area contributed by atoms with Gasteiger partial charge >= 0.3 is 0 Å². The molecule has 0 bridgehead atoms. The zero-order chi connectivity index (χ0) is 17.4. The normalized spacial score (nSPS) is 12.8. The van der Waals surface area contributed by atoms with Crippen molar-refractivity contribution in [2.24, 2.45) is 0 Å². The van der Waals surface area contributed by atoms with Crippen LogP contribution >= 0.6 is 0 Å². The molecule has 4 rings (SSSR count). The first kappa shape index (κ1) is 15.0. The number of anilines is 3. The van der Waals surface area contributed by atoms with Crippen molar-refractivity contribution in [1.82, 2.24) is 9.97 Å². The summed E-state index contributed by atoms with van der Waals surface area (Å²) >= 11 is 0. The maximum absolute atomic E-state index is 12.1. The number of rotatable bonds is 2. The van der Waals surface area contributed by atoms with Crippen molar-refractivity contribution in [1.29, 1.82) is 5.26 Å². The summed E-state index contributed by atoms with van der Waals surface area (Å²) in [5.41, 5.74) is 3.81. The second-order valence-corrected chi connectivity index (χ2v) is 5.88. The van der Waals surface area contributed by atoms with E-state index >= 15 is 0 Å². The van der Waals surface area contributed by atoms with Gasteiger partial charge in [-0.25, -0.2) is 4.98 Å². The predicted molar refractivity (Wildman–Crippen MR) is 96.9 cm³/mol. The molecule has 1 aliphatic rings. The van der Waals surface area contributed by atoms with Crippen molar-refractivity contribution < 1.29 is 0 Å². The van der Waals surface area contributed by atoms with Gasteiger partial charge in [0.2, 0.25) is 0 Å². The fourth-order valence-electron chi connectivity index (χ4n) is 3.15. The summed E-state index contributed by atoms with van der Waals surface area (Å²) in [6, 6.07) is 17.7. The summed E-state index contributed by atoms with van der Waals surface area (Å²) in [6.07, 6.45) is 1.42. The van der Waals surface area contributed by atoms with Gasteiger partial charge in [-0.2, -0.15) is 5.26 Å². The second kappa shape index (κ2) is 5.80. The van der Waals surface area contributed by atoms with Crippen molar-refractivity contribution in [2.75, 3.05) is 23.5 Å². The van der Waals surface area contributed by atoms with Crippen LogP contribution in [0.5, 0.6) is 0 Å². The molecule has 0 aliphatic carbocycles. The Balaban J connectivity index is 1.81. The van der Waals surface area contributed by atoms with E-state index in [0.717, 1.165) is 16.8 Å². The van der Waals surface area contributed by atoms with Crippen LogP contribution < -0.4 is 15.4 Å². The Labute approximate surface area is 144 Å². The van der Waals surface area contributed by atoms with E-state index in [1.54, 1.807) is 0 Å². The summed E-state index contributed by atoms with van der Waals surface area (Å²) in [5.74, 6) is 0.636. The summed E-state index contributed by atoms with van der Waals surface area (Å²) in [7, 11) is 1.87. The van der Waals surface area contributed by atoms with E-state index in [9.17, 15) is 10.1 Å². The van der Waals surface area contributed by atoms with E-state index in [1.165, 1.54) is 6.33 Å². The molecule has 2 heterocycles. The zero-order valence-corrected chi connectivity index (χ0v) is 13.6. The van der Waals surface area contributed by atoms with Crippen molar-refractivity contribution in [3.63, 3.8) is 0 Å². The van der Waals surface area contributed by atoms with Crippen molar-refractivity contribution in [3.05, 3.63) is 70.8 Å². The molecule has 25 heavy (non-hydrogen) atoms. The topological polar surface area (TPSA) is 76.0 Å². The highest BCUT2D eigenvalue weighted by molar-refractivity contribution is 5.81. The van der Waals surface area contributed by atoms with E-state index in [4.69, 9.17) is 0 Å². The standard InChI is InChI=1S/C19H15N5O/c1-23-12-24(18-17(23)19(25)22-11-21-18)15-7-4-6-13(9-15)16-8-3-2-5-14(16)10-20/h2-9,11H,12H2,1H3,(H,21,22,25). The van der Waals surface area contributed by atoms with Gasteiger partial charge in [0.15, 0.2) is 5.82 Å². The van der Waals surface area contributed by atoms with Gasteiger partial charge < -0.3 is 14.8 Å². The third-order valence-corrected chi connectivity index (χ3v) is 4.32. The predicted octanol–water partition coefficient (Wildman–Crippen LogP) is 2.85. The Morgan fingerprint density at radius 1 is 1.20 bits per heavy atom. The molecular weight excluding hydrogens is 314 g/mol. The lowest BCUT2D eigenvalue weighted by molar-refractivity contribution is 0.942. The summed E-state index contributed by atoms with van der Waals surface area (Å²) < 4.78 is 0. The van der Waals surface area contributed by atoms with Crippen LogP contribution in [-0.4, -0.2) is 23.7 Å². The van der Waals surface area contributed by atoms with Crippen molar-refractivity contribution in [2.45, 2.75) is 0 Å². The number of fused-ring (bicyclic) bond motifs is 1. The average molecular weight is 329 g/mol. The second-order valence-electron chi connectivity index (χ2n) is 5.88. The van der Waals surface area contributed by atoms with Gasteiger partial charge in [-0.3, -0.25) is 4.79 Å². The number of nitriles is 1. The maximum atomic E-state index is 12.1. The lowest BCUT2D eigenvalue weighted by Gasteiger charge is -2.19. The van der Waals surface area contributed by atoms with E-state index < -0.39 is 0 Å². The molecule has 0 atom stereocenters. The monoisotopic (exact) mass is 329 g/mol. The third kappa shape index (κ3) is 2.42. The van der Waals surface area contributed by atoms with Crippen LogP contribution in [-0.2, 0) is 0 Å². The van der Waals surface area contributed by atoms with E-state index in [2.05, 4.69) is 16.0 Å². The number of H-pyrrole nitrogens is 1. The lowest BCUT2D eigenvalue weighted by Crippen LogP contribution is -2.25. The minimum Gasteiger partial charge on any atom is -0.349 e. The van der Waals surface area contributed by atoms with E-state index in [0.29, 0.717) is 23.7 Å². The SMILES string of the molecule is CN1CN(c2cccc(-c3ccccc3C#N)c2)c2nc[nH]c(=O)c21. The van der Waals surface area contributed by atoms with Crippen LogP contribution in [0.2, 0.25) is 0 Å².